The smallest absolute Gasteiger partial charge is 0.224 e. The van der Waals surface area contributed by atoms with Crippen LogP contribution in [0.3, 0.4) is 0 Å². The second-order valence-corrected chi connectivity index (χ2v) is 9.03. The van der Waals surface area contributed by atoms with E-state index in [0.717, 1.165) is 71.5 Å². The number of hydrogen-bond acceptors (Lipinski definition) is 3. The van der Waals surface area contributed by atoms with Crippen LogP contribution in [-0.4, -0.2) is 28.6 Å². The van der Waals surface area contributed by atoms with Gasteiger partial charge in [0.1, 0.15) is 11.6 Å². The summed E-state index contributed by atoms with van der Waals surface area (Å²) in [6.07, 6.45) is 5.64. The van der Waals surface area contributed by atoms with Crippen LogP contribution in [0.5, 0.6) is 5.75 Å². The Morgan fingerprint density at radius 1 is 1.00 bits per heavy atom. The predicted octanol–water partition coefficient (Wildman–Crippen LogP) is 5.83. The minimum Gasteiger partial charge on any atom is -0.493 e. The van der Waals surface area contributed by atoms with Crippen molar-refractivity contribution in [1.82, 2.24) is 14.9 Å². The molecule has 0 aliphatic carbocycles. The number of aromatic nitrogens is 2. The Bertz CT molecular complexity index is 1310. The molecule has 3 aromatic carbocycles. The number of ether oxygens (including phenoxy) is 1. The third-order valence-electron chi connectivity index (χ3n) is 6.37. The maximum absolute atomic E-state index is 12.4. The number of hydrogen-bond donors (Lipinski definition) is 1. The fraction of sp³-hybridized carbons (Fsp3) is 0.290. The third-order valence-corrected chi connectivity index (χ3v) is 6.37. The number of nitrogens with zero attached hydrogens (tertiary/aromatic N) is 2. The molecule has 1 aromatic heterocycles. The van der Waals surface area contributed by atoms with E-state index in [4.69, 9.17) is 9.72 Å². The summed E-state index contributed by atoms with van der Waals surface area (Å²) in [7, 11) is 0. The topological polar surface area (TPSA) is 56.1 Å². The van der Waals surface area contributed by atoms with Gasteiger partial charge in [-0.3, -0.25) is 4.79 Å². The van der Waals surface area contributed by atoms with Crippen LogP contribution in [0, 0.1) is 6.92 Å². The van der Waals surface area contributed by atoms with Crippen molar-refractivity contribution < 1.29 is 9.53 Å². The molecule has 1 heterocycles. The summed E-state index contributed by atoms with van der Waals surface area (Å²) in [4.78, 5) is 17.3. The first kappa shape index (κ1) is 25.2. The van der Waals surface area contributed by atoms with Gasteiger partial charge in [-0.05, 0) is 61.1 Å². The molecule has 0 bridgehead atoms. The standard InChI is InChI=1S/C31H35N3O2/c1-3-12-25-14-6-9-18-29(25)36-22-11-21-34-28-17-8-7-16-27(28)33-30(34)19-10-20-32-31(35)23-26-15-5-4-13-24(26)2/h3-9,13-18H,1,10-12,19-23H2,2H3,(H,32,35). The van der Waals surface area contributed by atoms with Gasteiger partial charge in [0.25, 0.3) is 0 Å². The number of carbonyl (C=O) groups excluding carboxylic acids is 1. The normalized spacial score (nSPS) is 10.9. The minimum absolute atomic E-state index is 0.0617. The lowest BCUT2D eigenvalue weighted by Gasteiger charge is -2.12. The van der Waals surface area contributed by atoms with E-state index in [1.165, 1.54) is 0 Å². The van der Waals surface area contributed by atoms with Gasteiger partial charge in [0.15, 0.2) is 0 Å². The highest BCUT2D eigenvalue weighted by atomic mass is 16.5. The zero-order chi connectivity index (χ0) is 25.2. The van der Waals surface area contributed by atoms with Gasteiger partial charge >= 0.3 is 0 Å². The number of fused-ring (bicyclic) bond motifs is 1. The van der Waals surface area contributed by atoms with Gasteiger partial charge in [0.05, 0.1) is 24.1 Å². The predicted molar refractivity (Wildman–Crippen MR) is 146 cm³/mol. The van der Waals surface area contributed by atoms with Gasteiger partial charge in [-0.25, -0.2) is 4.98 Å². The van der Waals surface area contributed by atoms with Crippen LogP contribution in [0.15, 0.2) is 85.5 Å². The lowest BCUT2D eigenvalue weighted by atomic mass is 10.1. The fourth-order valence-electron chi connectivity index (χ4n) is 4.46. The number of benzene rings is 3. The molecule has 0 aliphatic heterocycles. The Balaban J connectivity index is 1.31. The molecular weight excluding hydrogens is 446 g/mol. The van der Waals surface area contributed by atoms with Gasteiger partial charge in [0, 0.05) is 19.5 Å². The van der Waals surface area contributed by atoms with Crippen molar-refractivity contribution >= 4 is 16.9 Å². The number of nitrogens with one attached hydrogen (secondary N) is 1. The van der Waals surface area contributed by atoms with Crippen LogP contribution in [0.1, 0.15) is 35.4 Å². The summed E-state index contributed by atoms with van der Waals surface area (Å²) < 4.78 is 8.39. The van der Waals surface area contributed by atoms with Crippen molar-refractivity contribution in [3.05, 3.63) is 108 Å². The number of aryl methyl sites for hydroxylation is 3. The molecule has 186 valence electrons. The molecule has 5 heteroatoms. The number of para-hydroxylation sites is 3. The number of amides is 1. The molecule has 0 saturated heterocycles. The van der Waals surface area contributed by atoms with Gasteiger partial charge in [-0.2, -0.15) is 0 Å². The van der Waals surface area contributed by atoms with Crippen LogP contribution < -0.4 is 10.1 Å². The molecule has 4 aromatic rings. The highest BCUT2D eigenvalue weighted by Crippen LogP contribution is 2.20. The van der Waals surface area contributed by atoms with Crippen molar-refractivity contribution in [3.8, 4) is 5.75 Å². The van der Waals surface area contributed by atoms with Gasteiger partial charge in [-0.1, -0.05) is 60.7 Å². The lowest BCUT2D eigenvalue weighted by molar-refractivity contribution is -0.120. The maximum atomic E-state index is 12.4. The molecular formula is C31H35N3O2. The SMILES string of the molecule is C=CCc1ccccc1OCCCn1c(CCCNC(=O)Cc2ccccc2C)nc2ccccc21. The van der Waals surface area contributed by atoms with Crippen LogP contribution in [-0.2, 0) is 30.6 Å². The average molecular weight is 482 g/mol. The van der Waals surface area contributed by atoms with Gasteiger partial charge in [0.2, 0.25) is 5.91 Å². The van der Waals surface area contributed by atoms with E-state index in [1.807, 2.05) is 61.5 Å². The summed E-state index contributed by atoms with van der Waals surface area (Å²) in [6, 6.07) is 24.4. The number of imidazole rings is 1. The Kier molecular flexibility index (Phi) is 8.92. The first-order valence-corrected chi connectivity index (χ1v) is 12.7. The molecule has 0 saturated carbocycles. The monoisotopic (exact) mass is 481 g/mol. The Hall–Kier alpha value is -3.86. The van der Waals surface area contributed by atoms with Crippen molar-refractivity contribution in [3.63, 3.8) is 0 Å². The summed E-state index contributed by atoms with van der Waals surface area (Å²) in [5, 5.41) is 3.06. The molecule has 0 aliphatic rings. The molecule has 0 spiro atoms. The second-order valence-electron chi connectivity index (χ2n) is 9.03. The quantitative estimate of drug-likeness (QED) is 0.193. The third kappa shape index (κ3) is 6.63. The highest BCUT2D eigenvalue weighted by molar-refractivity contribution is 5.79. The number of rotatable bonds is 13. The first-order chi connectivity index (χ1) is 17.7. The Morgan fingerprint density at radius 3 is 2.58 bits per heavy atom. The Labute approximate surface area is 213 Å². The number of allylic oxidation sites excluding steroid dienone is 1. The first-order valence-electron chi connectivity index (χ1n) is 12.7. The molecule has 1 amide bonds. The summed E-state index contributed by atoms with van der Waals surface area (Å²) in [5.74, 6) is 2.04. The Morgan fingerprint density at radius 2 is 1.75 bits per heavy atom. The van der Waals surface area contributed by atoms with Gasteiger partial charge < -0.3 is 14.6 Å². The fourth-order valence-corrected chi connectivity index (χ4v) is 4.46. The van der Waals surface area contributed by atoms with E-state index >= 15 is 0 Å². The van der Waals surface area contributed by atoms with Crippen LogP contribution in [0.2, 0.25) is 0 Å². The average Bonchev–Trinajstić information content (AvgIpc) is 3.24. The van der Waals surface area contributed by atoms with E-state index in [1.54, 1.807) is 0 Å². The lowest BCUT2D eigenvalue weighted by Crippen LogP contribution is -2.26. The van der Waals surface area contributed by atoms with E-state index in [2.05, 4.69) is 40.7 Å². The summed E-state index contributed by atoms with van der Waals surface area (Å²) in [6.45, 7) is 7.98. The van der Waals surface area contributed by atoms with Crippen molar-refractivity contribution in [2.45, 2.75) is 45.6 Å². The van der Waals surface area contributed by atoms with Crippen LogP contribution in [0.25, 0.3) is 11.0 Å². The molecule has 0 atom stereocenters. The van der Waals surface area contributed by atoms with E-state index in [0.29, 0.717) is 19.6 Å². The molecule has 0 radical (unpaired) electrons. The molecule has 1 N–H and O–H groups in total. The van der Waals surface area contributed by atoms with Crippen molar-refractivity contribution in [1.29, 1.82) is 0 Å². The van der Waals surface area contributed by atoms with Gasteiger partial charge in [-0.15, -0.1) is 6.58 Å². The van der Waals surface area contributed by atoms with E-state index in [-0.39, 0.29) is 5.91 Å². The second kappa shape index (κ2) is 12.7. The summed E-state index contributed by atoms with van der Waals surface area (Å²) >= 11 is 0. The maximum Gasteiger partial charge on any atom is 0.224 e. The highest BCUT2D eigenvalue weighted by Gasteiger charge is 2.11. The van der Waals surface area contributed by atoms with Crippen LogP contribution >= 0.6 is 0 Å². The zero-order valence-corrected chi connectivity index (χ0v) is 21.1. The molecule has 36 heavy (non-hydrogen) atoms. The minimum atomic E-state index is 0.0617. The van der Waals surface area contributed by atoms with E-state index < -0.39 is 0 Å². The van der Waals surface area contributed by atoms with E-state index in [9.17, 15) is 4.79 Å². The molecule has 0 unspecified atom stereocenters. The van der Waals surface area contributed by atoms with Crippen molar-refractivity contribution in [2.75, 3.05) is 13.2 Å². The summed E-state index contributed by atoms with van der Waals surface area (Å²) in [5.41, 5.74) is 5.53. The largest absolute Gasteiger partial charge is 0.493 e. The van der Waals surface area contributed by atoms with Crippen LogP contribution in [0.4, 0.5) is 0 Å². The zero-order valence-electron chi connectivity index (χ0n) is 21.1. The molecule has 5 nitrogen and oxygen atoms in total. The van der Waals surface area contributed by atoms with Crippen molar-refractivity contribution in [2.24, 2.45) is 0 Å². The molecule has 4 rings (SSSR count). The molecule has 0 fully saturated rings. The number of carbonyl (C=O) groups is 1.